The average molecular weight is 625 g/mol. The zero-order chi connectivity index (χ0) is 30.1. The van der Waals surface area contributed by atoms with Crippen LogP contribution in [0, 0.1) is 0 Å². The Hall–Kier alpha value is -4.30. The third kappa shape index (κ3) is 6.38. The molecule has 2 aliphatic rings. The van der Waals surface area contributed by atoms with Crippen LogP contribution < -0.4 is 37.9 Å². The van der Waals surface area contributed by atoms with E-state index < -0.39 is 29.2 Å². The minimum atomic E-state index is -1.76. The number of hydrogen-bond donors (Lipinski definition) is 6. The van der Waals surface area contributed by atoms with Crippen molar-refractivity contribution in [2.45, 2.75) is 36.4 Å². The summed E-state index contributed by atoms with van der Waals surface area (Å²) in [5.74, 6) is -3.47. The number of carboxylic acid groups (broad SMARTS) is 2. The Morgan fingerprint density at radius 3 is 2.68 bits per heavy atom. The number of carboxylic acids is 2. The highest BCUT2D eigenvalue weighted by atomic mass is 32.2. The van der Waals surface area contributed by atoms with Crippen LogP contribution in [0.2, 0.25) is 0 Å². The van der Waals surface area contributed by atoms with Crippen molar-refractivity contribution >= 4 is 81.1 Å². The fourth-order valence-corrected chi connectivity index (χ4v) is 6.36. The van der Waals surface area contributed by atoms with Crippen LogP contribution in [0.15, 0.2) is 33.0 Å². The van der Waals surface area contributed by atoms with E-state index in [-0.39, 0.29) is 56.8 Å². The highest BCUT2D eigenvalue weighted by Gasteiger charge is 2.43. The minimum absolute atomic E-state index is 0.0186. The van der Waals surface area contributed by atoms with Crippen LogP contribution in [0.5, 0.6) is 0 Å². The average Bonchev–Trinajstić information content (AvgIpc) is 3.31. The topological polar surface area (TPSA) is 268 Å². The summed E-state index contributed by atoms with van der Waals surface area (Å²) in [5.41, 5.74) is 20.7. The zero-order valence-corrected chi connectivity index (χ0v) is 23.9. The first-order valence-corrected chi connectivity index (χ1v) is 14.4. The number of nitrogens with zero attached hydrogens (tertiary/aromatic N) is 5. The summed E-state index contributed by atoms with van der Waals surface area (Å²) in [7, 11) is 0. The number of anilines is 3. The highest BCUT2D eigenvalue weighted by molar-refractivity contribution is 8.00. The van der Waals surface area contributed by atoms with Crippen molar-refractivity contribution in [1.82, 2.24) is 20.3 Å². The first-order chi connectivity index (χ1) is 19.3. The molecule has 1 atom stereocenters. The van der Waals surface area contributed by atoms with E-state index in [1.165, 1.54) is 46.6 Å². The normalized spacial score (nSPS) is 17.0. The number of nitrogens with two attached hydrogens (primary N) is 3. The molecule has 2 aliphatic heterocycles. The van der Waals surface area contributed by atoms with E-state index in [9.17, 15) is 29.4 Å². The van der Waals surface area contributed by atoms with Crippen LogP contribution in [0.25, 0.3) is 0 Å². The van der Waals surface area contributed by atoms with Gasteiger partial charge in [0.05, 0.1) is 29.5 Å². The number of β-lactam (4-membered cyclic amide) rings is 1. The molecule has 0 radical (unpaired) electrons. The lowest BCUT2D eigenvalue weighted by atomic mass is 10.1. The van der Waals surface area contributed by atoms with Gasteiger partial charge in [-0.15, -0.1) is 27.8 Å². The number of carbonyl (C=O) groups is 4. The number of aliphatic carboxylic acids is 2. The zero-order valence-electron chi connectivity index (χ0n) is 21.4. The Bertz CT molecular complexity index is 1490. The number of hydrazine groups is 1. The van der Waals surface area contributed by atoms with Crippen molar-refractivity contribution < 1.29 is 38.9 Å². The van der Waals surface area contributed by atoms with Gasteiger partial charge in [0.1, 0.15) is 5.69 Å². The number of thioether (sulfide) groups is 2. The third-order valence-corrected chi connectivity index (χ3v) is 8.59. The second-order valence-electron chi connectivity index (χ2n) is 8.97. The number of rotatable bonds is 11. The van der Waals surface area contributed by atoms with Gasteiger partial charge in [-0.1, -0.05) is 10.1 Å². The second-order valence-corrected chi connectivity index (χ2v) is 12.0. The molecule has 41 heavy (non-hydrogen) atoms. The van der Waals surface area contributed by atoms with Gasteiger partial charge in [-0.3, -0.25) is 14.5 Å². The highest BCUT2D eigenvalue weighted by Crippen LogP contribution is 2.40. The van der Waals surface area contributed by atoms with E-state index in [2.05, 4.69) is 26.1 Å². The van der Waals surface area contributed by atoms with Crippen LogP contribution in [-0.4, -0.2) is 71.9 Å². The van der Waals surface area contributed by atoms with E-state index in [0.717, 1.165) is 23.1 Å². The molecule has 1 fully saturated rings. The molecule has 17 nitrogen and oxygen atoms in total. The number of amides is 2. The predicted octanol–water partition coefficient (Wildman–Crippen LogP) is -2.17. The van der Waals surface area contributed by atoms with E-state index in [1.54, 1.807) is 0 Å². The lowest BCUT2D eigenvalue weighted by molar-refractivity contribution is -0.682. The number of hydrogen-bond acceptors (Lipinski definition) is 16. The number of aromatic nitrogens is 3. The number of fused-ring (bicyclic) bond motifs is 1. The number of carbonyl (C=O) groups excluding carboxylic acids is 3. The summed E-state index contributed by atoms with van der Waals surface area (Å²) >= 11 is 3.49. The fourth-order valence-electron chi connectivity index (χ4n) is 3.42. The van der Waals surface area contributed by atoms with Gasteiger partial charge in [0.2, 0.25) is 23.1 Å². The lowest BCUT2D eigenvalue weighted by Crippen LogP contribution is -2.58. The summed E-state index contributed by atoms with van der Waals surface area (Å²) < 4.78 is 1.17. The standard InChI is InChI=1S/C21H24N10O7S3/c1-21(2,18(36)37)38-28-14(9-7-40-19(24)25-9)16(33)27-29-31-11(23)3-10(22)26-20(31)41-6-8-5-39-13-4-12(32)30(13)15(8)17(34)35/h3,7,13H,4-6H2,1-2H3,(H9,22,23,24,25,27,28,29,33,34,35,36,37). The Morgan fingerprint density at radius 1 is 1.34 bits per heavy atom. The molecular formula is C21H24N10O7S3. The van der Waals surface area contributed by atoms with Crippen molar-refractivity contribution in [3.63, 3.8) is 0 Å². The summed E-state index contributed by atoms with van der Waals surface area (Å²) in [6.45, 7) is 2.48. The maximum atomic E-state index is 13.1. The molecule has 218 valence electrons. The second kappa shape index (κ2) is 11.7. The lowest BCUT2D eigenvalue weighted by Gasteiger charge is -2.45. The molecule has 2 amide bonds. The van der Waals surface area contributed by atoms with Gasteiger partial charge in [0, 0.05) is 16.9 Å². The Balaban J connectivity index is 1.56. The third-order valence-electron chi connectivity index (χ3n) is 5.61. The summed E-state index contributed by atoms with van der Waals surface area (Å²) in [5, 5.41) is 26.3. The number of nitrogens with one attached hydrogen (secondary N) is 2. The van der Waals surface area contributed by atoms with Gasteiger partial charge in [-0.25, -0.2) is 15.2 Å². The maximum absolute atomic E-state index is 13.1. The monoisotopic (exact) mass is 624 g/mol. The molecule has 4 rings (SSSR count). The minimum Gasteiger partial charge on any atom is -0.543 e. The molecule has 0 aliphatic carbocycles. The van der Waals surface area contributed by atoms with Gasteiger partial charge in [0.15, 0.2) is 10.8 Å². The molecule has 2 aromatic rings. The van der Waals surface area contributed by atoms with Crippen molar-refractivity contribution in [1.29, 1.82) is 0 Å². The molecule has 0 aromatic carbocycles. The molecule has 9 N–H and O–H groups in total. The molecule has 2 aromatic heterocycles. The SMILES string of the molecule is CC(C)(O/N=C(\C(=O)NN[n+]1c(N)cc(N)nc1SCC1=C(C(=O)[O-])N2C(=O)CC2SC1)c1csc(N)n1)C(=O)O. The van der Waals surface area contributed by atoms with Crippen LogP contribution >= 0.6 is 34.9 Å². The maximum Gasteiger partial charge on any atom is 0.350 e. The van der Waals surface area contributed by atoms with E-state index in [1.807, 2.05) is 0 Å². The van der Waals surface area contributed by atoms with Crippen LogP contribution in [-0.2, 0) is 24.0 Å². The van der Waals surface area contributed by atoms with Crippen molar-refractivity contribution in [2.24, 2.45) is 5.16 Å². The van der Waals surface area contributed by atoms with Crippen LogP contribution in [0.4, 0.5) is 16.8 Å². The van der Waals surface area contributed by atoms with E-state index >= 15 is 0 Å². The van der Waals surface area contributed by atoms with Gasteiger partial charge in [-0.2, -0.15) is 5.53 Å². The van der Waals surface area contributed by atoms with E-state index in [0.29, 0.717) is 11.3 Å². The summed E-state index contributed by atoms with van der Waals surface area (Å²) in [6.07, 6.45) is 0.260. The fraction of sp³-hybridized carbons (Fsp3) is 0.333. The number of thiazole rings is 1. The Morgan fingerprint density at radius 2 is 2.07 bits per heavy atom. The first-order valence-electron chi connectivity index (χ1n) is 11.5. The molecule has 1 unspecified atom stereocenters. The summed E-state index contributed by atoms with van der Waals surface area (Å²) in [4.78, 5) is 62.9. The van der Waals surface area contributed by atoms with E-state index in [4.69, 9.17) is 22.0 Å². The molecule has 20 heteroatoms. The van der Waals surface area contributed by atoms with Gasteiger partial charge in [0.25, 0.3) is 5.91 Å². The smallest absolute Gasteiger partial charge is 0.350 e. The molecular weight excluding hydrogens is 600 g/mol. The van der Waals surface area contributed by atoms with Gasteiger partial charge < -0.3 is 37.0 Å². The molecule has 0 saturated carbocycles. The first kappa shape index (κ1) is 29.7. The molecule has 0 spiro atoms. The Labute approximate surface area is 244 Å². The Kier molecular flexibility index (Phi) is 8.44. The largest absolute Gasteiger partial charge is 0.543 e. The van der Waals surface area contributed by atoms with Gasteiger partial charge in [-0.05, 0) is 31.2 Å². The predicted molar refractivity (Wildman–Crippen MR) is 147 cm³/mol. The summed E-state index contributed by atoms with van der Waals surface area (Å²) in [6, 6.07) is 1.31. The number of oxime groups is 1. The molecule has 4 heterocycles. The quantitative estimate of drug-likeness (QED) is 0.0388. The molecule has 0 bridgehead atoms. The van der Waals surface area contributed by atoms with Crippen molar-refractivity contribution in [3.8, 4) is 0 Å². The van der Waals surface area contributed by atoms with Gasteiger partial charge >= 0.3 is 11.1 Å². The number of nitrogen functional groups attached to an aromatic ring is 3. The van der Waals surface area contributed by atoms with Crippen molar-refractivity contribution in [3.05, 3.63) is 28.4 Å². The van der Waals surface area contributed by atoms with Crippen molar-refractivity contribution in [2.75, 3.05) is 34.2 Å². The van der Waals surface area contributed by atoms with Crippen LogP contribution in [0.3, 0.4) is 0 Å². The van der Waals surface area contributed by atoms with Crippen LogP contribution in [0.1, 0.15) is 26.0 Å². The molecule has 1 saturated heterocycles.